The molecule has 1 aliphatic rings. The van der Waals surface area contributed by atoms with Crippen LogP contribution in [0, 0.1) is 13.8 Å². The first kappa shape index (κ1) is 22.1. The molecule has 0 heterocycles. The molecule has 1 saturated carbocycles. The fourth-order valence-corrected chi connectivity index (χ4v) is 4.26. The van der Waals surface area contributed by atoms with Gasteiger partial charge >= 0.3 is 0 Å². The van der Waals surface area contributed by atoms with E-state index in [-0.39, 0.29) is 17.9 Å². The lowest BCUT2D eigenvalue weighted by Crippen LogP contribution is -2.50. The number of hydrogen-bond donors (Lipinski definition) is 1. The Hall–Kier alpha value is -2.62. The highest BCUT2D eigenvalue weighted by Crippen LogP contribution is 2.19. The summed E-state index contributed by atoms with van der Waals surface area (Å²) in [6, 6.07) is 15.9. The Morgan fingerprint density at radius 1 is 0.967 bits per heavy atom. The van der Waals surface area contributed by atoms with Gasteiger partial charge in [0.2, 0.25) is 11.8 Å². The SMILES string of the molecule is Cc1cccc(CC(=O)N(Cc2cccc(C)c2)C(C)C(=O)NC2CCCCC2)c1. The maximum absolute atomic E-state index is 13.3. The Morgan fingerprint density at radius 3 is 2.20 bits per heavy atom. The Labute approximate surface area is 180 Å². The monoisotopic (exact) mass is 406 g/mol. The van der Waals surface area contributed by atoms with E-state index in [1.165, 1.54) is 19.3 Å². The van der Waals surface area contributed by atoms with Crippen LogP contribution in [-0.4, -0.2) is 28.8 Å². The highest BCUT2D eigenvalue weighted by molar-refractivity contribution is 5.88. The molecule has 2 aromatic rings. The minimum atomic E-state index is -0.509. The van der Waals surface area contributed by atoms with Crippen LogP contribution in [0.15, 0.2) is 48.5 Å². The summed E-state index contributed by atoms with van der Waals surface area (Å²) in [5.41, 5.74) is 4.31. The Kier molecular flexibility index (Phi) is 7.67. The molecule has 1 unspecified atom stereocenters. The molecule has 0 aromatic heterocycles. The first-order valence-electron chi connectivity index (χ1n) is 11.1. The highest BCUT2D eigenvalue weighted by atomic mass is 16.2. The predicted molar refractivity (Wildman–Crippen MR) is 121 cm³/mol. The maximum atomic E-state index is 13.3. The second-order valence-electron chi connectivity index (χ2n) is 8.70. The number of nitrogens with one attached hydrogen (secondary N) is 1. The maximum Gasteiger partial charge on any atom is 0.242 e. The van der Waals surface area contributed by atoms with E-state index < -0.39 is 6.04 Å². The van der Waals surface area contributed by atoms with E-state index in [0.717, 1.165) is 35.1 Å². The van der Waals surface area contributed by atoms with Gasteiger partial charge in [0.1, 0.15) is 6.04 Å². The summed E-state index contributed by atoms with van der Waals surface area (Å²) in [5, 5.41) is 3.19. The van der Waals surface area contributed by atoms with Gasteiger partial charge in [0, 0.05) is 12.6 Å². The summed E-state index contributed by atoms with van der Waals surface area (Å²) in [6.45, 7) is 6.36. The smallest absolute Gasteiger partial charge is 0.242 e. The molecule has 1 N–H and O–H groups in total. The second-order valence-corrected chi connectivity index (χ2v) is 8.70. The van der Waals surface area contributed by atoms with Crippen molar-refractivity contribution in [3.8, 4) is 0 Å². The van der Waals surface area contributed by atoms with Gasteiger partial charge in [-0.3, -0.25) is 9.59 Å². The van der Waals surface area contributed by atoms with E-state index in [1.807, 2.05) is 63.2 Å². The summed E-state index contributed by atoms with van der Waals surface area (Å²) >= 11 is 0. The predicted octanol–water partition coefficient (Wildman–Crippen LogP) is 4.71. The van der Waals surface area contributed by atoms with Crippen LogP contribution >= 0.6 is 0 Å². The van der Waals surface area contributed by atoms with Gasteiger partial charge in [0.05, 0.1) is 6.42 Å². The molecule has 0 saturated heterocycles. The topological polar surface area (TPSA) is 49.4 Å². The Bertz CT molecular complexity index is 871. The number of benzene rings is 2. The lowest BCUT2D eigenvalue weighted by molar-refractivity contribution is -0.140. The van der Waals surface area contributed by atoms with Crippen molar-refractivity contribution >= 4 is 11.8 Å². The van der Waals surface area contributed by atoms with E-state index in [0.29, 0.717) is 13.0 Å². The largest absolute Gasteiger partial charge is 0.352 e. The first-order chi connectivity index (χ1) is 14.4. The first-order valence-corrected chi connectivity index (χ1v) is 11.1. The zero-order valence-corrected chi connectivity index (χ0v) is 18.5. The lowest BCUT2D eigenvalue weighted by Gasteiger charge is -2.31. The molecule has 30 heavy (non-hydrogen) atoms. The number of aryl methyl sites for hydroxylation is 2. The quantitative estimate of drug-likeness (QED) is 0.724. The van der Waals surface area contributed by atoms with E-state index in [2.05, 4.69) is 11.4 Å². The van der Waals surface area contributed by atoms with Gasteiger partial charge in [-0.25, -0.2) is 0 Å². The van der Waals surface area contributed by atoms with Gasteiger partial charge in [0.15, 0.2) is 0 Å². The molecular weight excluding hydrogens is 372 g/mol. The van der Waals surface area contributed by atoms with Crippen LogP contribution in [0.1, 0.15) is 61.3 Å². The van der Waals surface area contributed by atoms with Crippen molar-refractivity contribution < 1.29 is 9.59 Å². The lowest BCUT2D eigenvalue weighted by atomic mass is 9.95. The van der Waals surface area contributed by atoms with Crippen molar-refractivity contribution in [3.05, 3.63) is 70.8 Å². The molecule has 0 radical (unpaired) electrons. The van der Waals surface area contributed by atoms with Crippen LogP contribution in [0.5, 0.6) is 0 Å². The molecule has 4 nitrogen and oxygen atoms in total. The van der Waals surface area contributed by atoms with Crippen molar-refractivity contribution in [2.45, 2.75) is 77.9 Å². The van der Waals surface area contributed by atoms with E-state index in [1.54, 1.807) is 4.90 Å². The Morgan fingerprint density at radius 2 is 1.57 bits per heavy atom. The minimum Gasteiger partial charge on any atom is -0.352 e. The molecule has 1 atom stereocenters. The third-order valence-electron chi connectivity index (χ3n) is 5.99. The molecule has 2 aromatic carbocycles. The van der Waals surface area contributed by atoms with E-state index in [9.17, 15) is 9.59 Å². The number of amides is 2. The van der Waals surface area contributed by atoms with Gasteiger partial charge in [-0.15, -0.1) is 0 Å². The van der Waals surface area contributed by atoms with Crippen molar-refractivity contribution in [1.82, 2.24) is 10.2 Å². The zero-order valence-electron chi connectivity index (χ0n) is 18.5. The second kappa shape index (κ2) is 10.4. The van der Waals surface area contributed by atoms with Gasteiger partial charge in [-0.05, 0) is 44.7 Å². The molecule has 160 valence electrons. The summed E-state index contributed by atoms with van der Waals surface area (Å²) < 4.78 is 0. The number of nitrogens with zero attached hydrogens (tertiary/aromatic N) is 1. The fraction of sp³-hybridized carbons (Fsp3) is 0.462. The highest BCUT2D eigenvalue weighted by Gasteiger charge is 2.28. The average molecular weight is 407 g/mol. The van der Waals surface area contributed by atoms with Crippen LogP contribution < -0.4 is 5.32 Å². The van der Waals surface area contributed by atoms with Crippen LogP contribution in [0.2, 0.25) is 0 Å². The summed E-state index contributed by atoms with van der Waals surface area (Å²) in [6.07, 6.45) is 5.95. The van der Waals surface area contributed by atoms with Crippen molar-refractivity contribution in [2.75, 3.05) is 0 Å². The number of rotatable bonds is 7. The molecule has 1 fully saturated rings. The fourth-order valence-electron chi connectivity index (χ4n) is 4.26. The van der Waals surface area contributed by atoms with E-state index >= 15 is 0 Å². The third-order valence-corrected chi connectivity index (χ3v) is 5.99. The number of carbonyl (C=O) groups is 2. The molecule has 0 aliphatic heterocycles. The zero-order chi connectivity index (χ0) is 21.5. The number of carbonyl (C=O) groups excluding carboxylic acids is 2. The molecule has 3 rings (SSSR count). The normalized spacial score (nSPS) is 15.4. The summed E-state index contributed by atoms with van der Waals surface area (Å²) in [7, 11) is 0. The van der Waals surface area contributed by atoms with Gasteiger partial charge in [-0.1, -0.05) is 78.9 Å². The third kappa shape index (κ3) is 6.19. The van der Waals surface area contributed by atoms with E-state index in [4.69, 9.17) is 0 Å². The van der Waals surface area contributed by atoms with Crippen molar-refractivity contribution in [2.24, 2.45) is 0 Å². The molecule has 1 aliphatic carbocycles. The average Bonchev–Trinajstić information content (AvgIpc) is 2.72. The van der Waals surface area contributed by atoms with Gasteiger partial charge in [-0.2, -0.15) is 0 Å². The van der Waals surface area contributed by atoms with Crippen LogP contribution in [0.4, 0.5) is 0 Å². The molecule has 4 heteroatoms. The van der Waals surface area contributed by atoms with Crippen LogP contribution in [-0.2, 0) is 22.6 Å². The standard InChI is InChI=1S/C26H34N2O2/c1-19-9-7-11-22(15-19)17-25(29)28(18-23-12-8-10-20(2)16-23)21(3)26(30)27-24-13-5-4-6-14-24/h7-12,15-16,21,24H,4-6,13-14,17-18H2,1-3H3,(H,27,30). The van der Waals surface area contributed by atoms with Crippen molar-refractivity contribution in [3.63, 3.8) is 0 Å². The van der Waals surface area contributed by atoms with Crippen LogP contribution in [0.3, 0.4) is 0 Å². The molecule has 0 bridgehead atoms. The molecule has 2 amide bonds. The Balaban J connectivity index is 1.76. The van der Waals surface area contributed by atoms with Crippen LogP contribution in [0.25, 0.3) is 0 Å². The minimum absolute atomic E-state index is 0.0200. The van der Waals surface area contributed by atoms with Gasteiger partial charge < -0.3 is 10.2 Å². The van der Waals surface area contributed by atoms with Crippen molar-refractivity contribution in [1.29, 1.82) is 0 Å². The molecular formula is C26H34N2O2. The van der Waals surface area contributed by atoms with Gasteiger partial charge in [0.25, 0.3) is 0 Å². The summed E-state index contributed by atoms with van der Waals surface area (Å²) in [4.78, 5) is 28.0. The number of hydrogen-bond acceptors (Lipinski definition) is 2. The summed E-state index contributed by atoms with van der Waals surface area (Å²) in [5.74, 6) is -0.0689. The molecule has 0 spiro atoms.